The first-order valence-electron chi connectivity index (χ1n) is 5.29. The number of aliphatic hydroxyl groups excluding tert-OH is 1. The van der Waals surface area contributed by atoms with E-state index in [1.165, 1.54) is 12.1 Å². The van der Waals surface area contributed by atoms with Crippen LogP contribution in [0.25, 0.3) is 0 Å². The van der Waals surface area contributed by atoms with Crippen LogP contribution in [0.15, 0.2) is 24.3 Å². The van der Waals surface area contributed by atoms with Crippen molar-refractivity contribution in [3.63, 3.8) is 0 Å². The highest BCUT2D eigenvalue weighted by molar-refractivity contribution is 5.19. The fraction of sp³-hybridized carbons (Fsp3) is 0.500. The van der Waals surface area contributed by atoms with Crippen LogP contribution in [-0.2, 0) is 0 Å². The molecule has 84 valence electrons. The largest absolute Gasteiger partial charge is 0.395 e. The van der Waals surface area contributed by atoms with Crippen LogP contribution in [0.2, 0.25) is 0 Å². The van der Waals surface area contributed by atoms with Crippen LogP contribution in [0.3, 0.4) is 0 Å². The van der Waals surface area contributed by atoms with Crippen molar-refractivity contribution in [1.29, 1.82) is 0 Å². The number of benzene rings is 1. The first-order valence-corrected chi connectivity index (χ1v) is 5.29. The lowest BCUT2D eigenvalue weighted by Gasteiger charge is -2.20. The van der Waals surface area contributed by atoms with Crippen molar-refractivity contribution in [3.8, 4) is 0 Å². The summed E-state index contributed by atoms with van der Waals surface area (Å²) in [5, 5.41) is 12.3. The molecule has 2 N–H and O–H groups in total. The van der Waals surface area contributed by atoms with Gasteiger partial charge in [0.2, 0.25) is 0 Å². The molecule has 3 heteroatoms. The van der Waals surface area contributed by atoms with Crippen molar-refractivity contribution in [1.82, 2.24) is 5.32 Å². The van der Waals surface area contributed by atoms with Gasteiger partial charge >= 0.3 is 0 Å². The van der Waals surface area contributed by atoms with E-state index in [9.17, 15) is 4.39 Å². The molecule has 0 fully saturated rings. The molecule has 0 spiro atoms. The third-order valence-electron chi connectivity index (χ3n) is 2.57. The van der Waals surface area contributed by atoms with E-state index in [0.29, 0.717) is 0 Å². The molecule has 1 unspecified atom stereocenters. The van der Waals surface area contributed by atoms with Gasteiger partial charge < -0.3 is 10.4 Å². The molecular weight excluding hydrogens is 193 g/mol. The lowest BCUT2D eigenvalue weighted by Crippen LogP contribution is -2.33. The summed E-state index contributed by atoms with van der Waals surface area (Å²) in [5.41, 5.74) is 1.03. The van der Waals surface area contributed by atoms with Gasteiger partial charge in [-0.2, -0.15) is 0 Å². The van der Waals surface area contributed by atoms with Crippen LogP contribution < -0.4 is 5.32 Å². The summed E-state index contributed by atoms with van der Waals surface area (Å²) in [6.07, 6.45) is 0.877. The zero-order valence-electron chi connectivity index (χ0n) is 9.20. The zero-order chi connectivity index (χ0) is 11.3. The van der Waals surface area contributed by atoms with Crippen molar-refractivity contribution in [3.05, 3.63) is 35.6 Å². The van der Waals surface area contributed by atoms with E-state index in [2.05, 4.69) is 5.32 Å². The van der Waals surface area contributed by atoms with Crippen molar-refractivity contribution in [2.24, 2.45) is 0 Å². The standard InChI is InChI=1S/C12H18FNO/c1-3-12(8-15)14-9(2)10-4-6-11(13)7-5-10/h4-7,9,12,14-15H,3,8H2,1-2H3/t9?,12-/m1/s1. The van der Waals surface area contributed by atoms with E-state index < -0.39 is 0 Å². The minimum Gasteiger partial charge on any atom is -0.395 e. The minimum atomic E-state index is -0.222. The predicted octanol–water partition coefficient (Wildman–Crippen LogP) is 2.25. The number of rotatable bonds is 5. The smallest absolute Gasteiger partial charge is 0.123 e. The summed E-state index contributed by atoms with van der Waals surface area (Å²) < 4.78 is 12.7. The fourth-order valence-corrected chi connectivity index (χ4v) is 1.50. The Hall–Kier alpha value is -0.930. The van der Waals surface area contributed by atoms with Gasteiger partial charge in [-0.05, 0) is 31.0 Å². The first-order chi connectivity index (χ1) is 7.17. The Labute approximate surface area is 90.1 Å². The Kier molecular flexibility index (Phi) is 4.72. The maximum Gasteiger partial charge on any atom is 0.123 e. The van der Waals surface area contributed by atoms with E-state index >= 15 is 0 Å². The summed E-state index contributed by atoms with van der Waals surface area (Å²) >= 11 is 0. The monoisotopic (exact) mass is 211 g/mol. The molecule has 0 heterocycles. The average Bonchev–Trinajstić information content (AvgIpc) is 2.26. The molecule has 0 aliphatic carbocycles. The lowest BCUT2D eigenvalue weighted by atomic mass is 10.1. The Morgan fingerprint density at radius 1 is 1.33 bits per heavy atom. The predicted molar refractivity (Wildman–Crippen MR) is 59.1 cm³/mol. The van der Waals surface area contributed by atoms with Crippen LogP contribution in [0.4, 0.5) is 4.39 Å². The molecule has 0 aliphatic rings. The van der Waals surface area contributed by atoms with Crippen molar-refractivity contribution < 1.29 is 9.50 Å². The molecule has 1 aromatic carbocycles. The summed E-state index contributed by atoms with van der Waals surface area (Å²) in [4.78, 5) is 0. The Morgan fingerprint density at radius 3 is 2.40 bits per heavy atom. The van der Waals surface area contributed by atoms with E-state index in [4.69, 9.17) is 5.11 Å². The van der Waals surface area contributed by atoms with Crippen LogP contribution >= 0.6 is 0 Å². The number of hydrogen-bond donors (Lipinski definition) is 2. The van der Waals surface area contributed by atoms with Gasteiger partial charge in [-0.3, -0.25) is 0 Å². The lowest BCUT2D eigenvalue weighted by molar-refractivity contribution is 0.230. The fourth-order valence-electron chi connectivity index (χ4n) is 1.50. The van der Waals surface area contributed by atoms with E-state index in [1.54, 1.807) is 12.1 Å². The molecule has 0 saturated carbocycles. The second kappa shape index (κ2) is 5.83. The molecule has 2 nitrogen and oxygen atoms in total. The minimum absolute atomic E-state index is 0.102. The highest BCUT2D eigenvalue weighted by atomic mass is 19.1. The number of hydrogen-bond acceptors (Lipinski definition) is 2. The zero-order valence-corrected chi connectivity index (χ0v) is 9.20. The number of aliphatic hydroxyl groups is 1. The first kappa shape index (κ1) is 12.1. The van der Waals surface area contributed by atoms with Crippen LogP contribution in [0, 0.1) is 5.82 Å². The highest BCUT2D eigenvalue weighted by Crippen LogP contribution is 2.13. The third-order valence-corrected chi connectivity index (χ3v) is 2.57. The van der Waals surface area contributed by atoms with Crippen molar-refractivity contribution in [2.45, 2.75) is 32.4 Å². The molecule has 1 rings (SSSR count). The molecule has 0 bridgehead atoms. The highest BCUT2D eigenvalue weighted by Gasteiger charge is 2.10. The Morgan fingerprint density at radius 2 is 1.93 bits per heavy atom. The van der Waals surface area contributed by atoms with Gasteiger partial charge in [0.1, 0.15) is 5.82 Å². The van der Waals surface area contributed by atoms with Gasteiger partial charge in [0.05, 0.1) is 6.61 Å². The molecular formula is C12H18FNO. The molecule has 2 atom stereocenters. The molecule has 0 saturated heterocycles. The van der Waals surface area contributed by atoms with Crippen molar-refractivity contribution >= 4 is 0 Å². The molecule has 0 radical (unpaired) electrons. The molecule has 0 amide bonds. The van der Waals surface area contributed by atoms with Crippen LogP contribution in [0.1, 0.15) is 31.9 Å². The number of nitrogens with one attached hydrogen (secondary N) is 1. The third kappa shape index (κ3) is 3.61. The maximum atomic E-state index is 12.7. The van der Waals surface area contributed by atoms with Gasteiger partial charge in [0.15, 0.2) is 0 Å². The van der Waals surface area contributed by atoms with E-state index in [-0.39, 0.29) is 24.5 Å². The summed E-state index contributed by atoms with van der Waals surface area (Å²) in [6.45, 7) is 4.15. The normalized spacial score (nSPS) is 14.9. The second-order valence-electron chi connectivity index (χ2n) is 3.73. The maximum absolute atomic E-state index is 12.7. The summed E-state index contributed by atoms with van der Waals surface area (Å²) in [5.74, 6) is -0.222. The van der Waals surface area contributed by atoms with Gasteiger partial charge in [0.25, 0.3) is 0 Å². The van der Waals surface area contributed by atoms with Crippen molar-refractivity contribution in [2.75, 3.05) is 6.61 Å². The Balaban J connectivity index is 2.60. The molecule has 1 aromatic rings. The van der Waals surface area contributed by atoms with E-state index in [1.807, 2.05) is 13.8 Å². The average molecular weight is 211 g/mol. The van der Waals surface area contributed by atoms with Gasteiger partial charge in [0, 0.05) is 12.1 Å². The van der Waals surface area contributed by atoms with Crippen LogP contribution in [0.5, 0.6) is 0 Å². The topological polar surface area (TPSA) is 32.3 Å². The van der Waals surface area contributed by atoms with Gasteiger partial charge in [-0.15, -0.1) is 0 Å². The summed E-state index contributed by atoms with van der Waals surface area (Å²) in [6, 6.07) is 6.66. The summed E-state index contributed by atoms with van der Waals surface area (Å²) in [7, 11) is 0. The quantitative estimate of drug-likeness (QED) is 0.783. The Bertz CT molecular complexity index is 282. The SMILES string of the molecule is CC[C@H](CO)NC(C)c1ccc(F)cc1. The van der Waals surface area contributed by atoms with Gasteiger partial charge in [-0.25, -0.2) is 4.39 Å². The molecule has 0 aromatic heterocycles. The number of halogens is 1. The molecule has 15 heavy (non-hydrogen) atoms. The second-order valence-corrected chi connectivity index (χ2v) is 3.73. The molecule has 0 aliphatic heterocycles. The van der Waals surface area contributed by atoms with E-state index in [0.717, 1.165) is 12.0 Å². The van der Waals surface area contributed by atoms with Crippen LogP contribution in [-0.4, -0.2) is 17.8 Å². The van der Waals surface area contributed by atoms with Gasteiger partial charge in [-0.1, -0.05) is 19.1 Å².